The Kier molecular flexibility index (Phi) is 5.08. The number of aromatic nitrogens is 2. The van der Waals surface area contributed by atoms with Gasteiger partial charge in [0.2, 0.25) is 0 Å². The van der Waals surface area contributed by atoms with Crippen molar-refractivity contribution in [3.05, 3.63) is 64.6 Å². The van der Waals surface area contributed by atoms with E-state index in [4.69, 9.17) is 9.47 Å². The lowest BCUT2D eigenvalue weighted by Gasteiger charge is -2.14. The molecular formula is C21H21N3O4. The smallest absolute Gasteiger partial charge is 0.279 e. The Labute approximate surface area is 161 Å². The molecule has 1 N–H and O–H groups in total. The molecule has 2 heterocycles. The molecule has 7 heteroatoms. The molecule has 1 aliphatic rings. The van der Waals surface area contributed by atoms with Crippen LogP contribution in [-0.4, -0.2) is 42.1 Å². The lowest BCUT2D eigenvalue weighted by molar-refractivity contribution is 0.0854. The van der Waals surface area contributed by atoms with Crippen LogP contribution in [0.15, 0.2) is 53.3 Å². The predicted molar refractivity (Wildman–Crippen MR) is 105 cm³/mol. The Hall–Kier alpha value is -3.19. The standard InChI is InChI=1S/C21H21N3O4/c1-27-18-11-5-4-10-17(18)24-21(26)16-9-3-2-8-15(16)19(23-24)20(25)22-13-14-7-6-12-28-14/h2-5,8-11,14H,6-7,12-13H2,1H3,(H,22,25). The van der Waals surface area contributed by atoms with E-state index in [1.54, 1.807) is 42.5 Å². The quantitative estimate of drug-likeness (QED) is 0.736. The average Bonchev–Trinajstić information content (AvgIpc) is 3.26. The maximum Gasteiger partial charge on any atom is 0.279 e. The van der Waals surface area contributed by atoms with Gasteiger partial charge < -0.3 is 14.8 Å². The molecule has 0 radical (unpaired) electrons. The second-order valence-electron chi connectivity index (χ2n) is 6.63. The highest BCUT2D eigenvalue weighted by molar-refractivity contribution is 6.04. The van der Waals surface area contributed by atoms with Crippen molar-refractivity contribution in [1.82, 2.24) is 15.1 Å². The van der Waals surface area contributed by atoms with E-state index < -0.39 is 0 Å². The number of amides is 1. The van der Waals surface area contributed by atoms with Crippen molar-refractivity contribution in [2.24, 2.45) is 0 Å². The summed E-state index contributed by atoms with van der Waals surface area (Å²) in [5.41, 5.74) is 0.365. The Morgan fingerprint density at radius 1 is 1.21 bits per heavy atom. The van der Waals surface area contributed by atoms with Gasteiger partial charge in [0.05, 0.1) is 18.6 Å². The summed E-state index contributed by atoms with van der Waals surface area (Å²) >= 11 is 0. The number of rotatable bonds is 5. The monoisotopic (exact) mass is 379 g/mol. The zero-order valence-corrected chi connectivity index (χ0v) is 15.6. The van der Waals surface area contributed by atoms with E-state index in [1.165, 1.54) is 11.8 Å². The molecule has 3 aromatic rings. The minimum absolute atomic E-state index is 0.0235. The van der Waals surface area contributed by atoms with Gasteiger partial charge in [-0.1, -0.05) is 30.3 Å². The van der Waals surface area contributed by atoms with Gasteiger partial charge >= 0.3 is 0 Å². The molecule has 4 rings (SSSR count). The van der Waals surface area contributed by atoms with Gasteiger partial charge in [0, 0.05) is 18.5 Å². The molecule has 1 fully saturated rings. The Balaban J connectivity index is 1.80. The third-order valence-electron chi connectivity index (χ3n) is 4.85. The number of carbonyl (C=O) groups is 1. The van der Waals surface area contributed by atoms with Gasteiger partial charge in [0.1, 0.15) is 11.4 Å². The van der Waals surface area contributed by atoms with Crippen molar-refractivity contribution >= 4 is 16.7 Å². The van der Waals surface area contributed by atoms with Crippen molar-refractivity contribution < 1.29 is 14.3 Å². The first-order valence-corrected chi connectivity index (χ1v) is 9.24. The fourth-order valence-electron chi connectivity index (χ4n) is 3.42. The van der Waals surface area contributed by atoms with Crippen LogP contribution in [0.4, 0.5) is 0 Å². The van der Waals surface area contributed by atoms with Gasteiger partial charge in [-0.15, -0.1) is 0 Å². The van der Waals surface area contributed by atoms with Gasteiger partial charge in [-0.2, -0.15) is 9.78 Å². The largest absolute Gasteiger partial charge is 0.494 e. The highest BCUT2D eigenvalue weighted by Gasteiger charge is 2.21. The zero-order valence-electron chi connectivity index (χ0n) is 15.6. The normalized spacial score (nSPS) is 16.2. The minimum atomic E-state index is -0.338. The summed E-state index contributed by atoms with van der Waals surface area (Å²) in [5.74, 6) is 0.161. The average molecular weight is 379 g/mol. The summed E-state index contributed by atoms with van der Waals surface area (Å²) in [6.45, 7) is 1.14. The van der Waals surface area contributed by atoms with Crippen LogP contribution in [0.2, 0.25) is 0 Å². The van der Waals surface area contributed by atoms with Crippen LogP contribution in [0.1, 0.15) is 23.3 Å². The maximum absolute atomic E-state index is 13.0. The number of hydrogen-bond acceptors (Lipinski definition) is 5. The van der Waals surface area contributed by atoms with Crippen LogP contribution in [0, 0.1) is 0 Å². The van der Waals surface area contributed by atoms with Gasteiger partial charge in [0.15, 0.2) is 5.69 Å². The number of carbonyl (C=O) groups excluding carboxylic acids is 1. The third-order valence-corrected chi connectivity index (χ3v) is 4.85. The highest BCUT2D eigenvalue weighted by Crippen LogP contribution is 2.22. The minimum Gasteiger partial charge on any atom is -0.494 e. The number of nitrogens with zero attached hydrogens (tertiary/aromatic N) is 2. The third kappa shape index (κ3) is 3.36. The van der Waals surface area contributed by atoms with E-state index in [9.17, 15) is 9.59 Å². The number of para-hydroxylation sites is 2. The Bertz CT molecular complexity index is 1070. The lowest BCUT2D eigenvalue weighted by Crippen LogP contribution is -2.34. The summed E-state index contributed by atoms with van der Waals surface area (Å²) in [7, 11) is 1.53. The molecule has 2 aromatic carbocycles. The summed E-state index contributed by atoms with van der Waals surface area (Å²) in [5, 5.41) is 8.22. The number of methoxy groups -OCH3 is 1. The topological polar surface area (TPSA) is 82.5 Å². The molecule has 1 atom stereocenters. The summed E-state index contributed by atoms with van der Waals surface area (Å²) in [6, 6.07) is 14.1. The number of benzene rings is 2. The molecule has 144 valence electrons. The van der Waals surface area contributed by atoms with E-state index >= 15 is 0 Å². The van der Waals surface area contributed by atoms with Gasteiger partial charge in [-0.3, -0.25) is 9.59 Å². The molecule has 0 bridgehead atoms. The fourth-order valence-corrected chi connectivity index (χ4v) is 3.42. The molecule has 7 nitrogen and oxygen atoms in total. The second-order valence-corrected chi connectivity index (χ2v) is 6.63. The molecule has 1 aromatic heterocycles. The fraction of sp³-hybridized carbons (Fsp3) is 0.286. The van der Waals surface area contributed by atoms with Crippen molar-refractivity contribution in [3.8, 4) is 11.4 Å². The van der Waals surface area contributed by atoms with Crippen molar-refractivity contribution in [1.29, 1.82) is 0 Å². The van der Waals surface area contributed by atoms with Gasteiger partial charge in [0.25, 0.3) is 11.5 Å². The molecular weight excluding hydrogens is 358 g/mol. The van der Waals surface area contributed by atoms with Crippen molar-refractivity contribution in [2.75, 3.05) is 20.3 Å². The summed E-state index contributed by atoms with van der Waals surface area (Å²) < 4.78 is 12.2. The van der Waals surface area contributed by atoms with E-state index in [0.717, 1.165) is 19.4 Å². The first-order valence-electron chi connectivity index (χ1n) is 9.24. The Morgan fingerprint density at radius 3 is 2.71 bits per heavy atom. The molecule has 1 saturated heterocycles. The van der Waals surface area contributed by atoms with E-state index in [1.807, 2.05) is 6.07 Å². The van der Waals surface area contributed by atoms with Crippen LogP contribution >= 0.6 is 0 Å². The van der Waals surface area contributed by atoms with E-state index in [-0.39, 0.29) is 23.3 Å². The number of nitrogens with one attached hydrogen (secondary N) is 1. The Morgan fingerprint density at radius 2 is 1.96 bits per heavy atom. The number of ether oxygens (including phenoxy) is 2. The maximum atomic E-state index is 13.0. The van der Waals surface area contributed by atoms with Crippen LogP contribution < -0.4 is 15.6 Å². The molecule has 0 spiro atoms. The summed E-state index contributed by atoms with van der Waals surface area (Å²) in [6.07, 6.45) is 1.95. The molecule has 28 heavy (non-hydrogen) atoms. The zero-order chi connectivity index (χ0) is 19.5. The van der Waals surface area contributed by atoms with Crippen LogP contribution in [0.5, 0.6) is 5.75 Å². The van der Waals surface area contributed by atoms with Crippen molar-refractivity contribution in [3.63, 3.8) is 0 Å². The van der Waals surface area contributed by atoms with Gasteiger partial charge in [-0.25, -0.2) is 0 Å². The first kappa shape index (κ1) is 18.2. The van der Waals surface area contributed by atoms with Crippen LogP contribution in [-0.2, 0) is 4.74 Å². The molecule has 1 aliphatic heterocycles. The van der Waals surface area contributed by atoms with Gasteiger partial charge in [-0.05, 0) is 31.0 Å². The van der Waals surface area contributed by atoms with E-state index in [0.29, 0.717) is 28.8 Å². The molecule has 1 unspecified atom stereocenters. The van der Waals surface area contributed by atoms with Crippen LogP contribution in [0.3, 0.4) is 0 Å². The first-order chi connectivity index (χ1) is 13.7. The lowest BCUT2D eigenvalue weighted by atomic mass is 10.1. The molecule has 0 saturated carbocycles. The molecule has 1 amide bonds. The second kappa shape index (κ2) is 7.82. The van der Waals surface area contributed by atoms with Crippen molar-refractivity contribution in [2.45, 2.75) is 18.9 Å². The predicted octanol–water partition coefficient (Wildman–Crippen LogP) is 2.30. The SMILES string of the molecule is COc1ccccc1-n1nc(C(=O)NCC2CCCO2)c2ccccc2c1=O. The molecule has 0 aliphatic carbocycles. The van der Waals surface area contributed by atoms with Crippen LogP contribution in [0.25, 0.3) is 16.5 Å². The number of fused-ring (bicyclic) bond motifs is 1. The highest BCUT2D eigenvalue weighted by atomic mass is 16.5. The number of hydrogen-bond donors (Lipinski definition) is 1. The van der Waals surface area contributed by atoms with E-state index in [2.05, 4.69) is 10.4 Å². The summed E-state index contributed by atoms with van der Waals surface area (Å²) in [4.78, 5) is 25.9.